The molecule has 8 nitrogen and oxygen atoms in total. The van der Waals surface area contributed by atoms with E-state index in [2.05, 4.69) is 83.9 Å². The average Bonchev–Trinajstić information content (AvgIpc) is 3.01. The predicted molar refractivity (Wildman–Crippen MR) is 166 cm³/mol. The van der Waals surface area contributed by atoms with Crippen molar-refractivity contribution in [3.63, 3.8) is 0 Å². The van der Waals surface area contributed by atoms with Gasteiger partial charge in [0.1, 0.15) is 0 Å². The van der Waals surface area contributed by atoms with Crippen LogP contribution in [0.15, 0.2) is 103 Å². The van der Waals surface area contributed by atoms with Crippen LogP contribution in [0, 0.1) is 10.8 Å². The van der Waals surface area contributed by atoms with Crippen LogP contribution in [-0.2, 0) is 6.54 Å². The molecule has 8 heteroatoms. The van der Waals surface area contributed by atoms with Gasteiger partial charge in [0.25, 0.3) is 0 Å². The van der Waals surface area contributed by atoms with Crippen LogP contribution in [0.25, 0.3) is 0 Å². The van der Waals surface area contributed by atoms with Crippen LogP contribution >= 0.6 is 0 Å². The SMILES string of the molecule is CC1(C)[C@H](N=Cc2ccccn2)[C@H](c2ccccn2)N[C@H]2[C@@H]1N[C@@H](c1ccccn1)[C@@H](NCc1ccccn1)C2(C)C. The highest BCUT2D eigenvalue weighted by molar-refractivity contribution is 5.77. The fourth-order valence-electron chi connectivity index (χ4n) is 6.90. The number of hydrogen-bond acceptors (Lipinski definition) is 8. The lowest BCUT2D eigenvalue weighted by Crippen LogP contribution is -2.77. The number of pyridine rings is 4. The highest BCUT2D eigenvalue weighted by Crippen LogP contribution is 2.50. The third-order valence-corrected chi connectivity index (χ3v) is 9.16. The van der Waals surface area contributed by atoms with E-state index in [9.17, 15) is 0 Å². The summed E-state index contributed by atoms with van der Waals surface area (Å²) < 4.78 is 0. The van der Waals surface area contributed by atoms with Gasteiger partial charge in [0, 0.05) is 61.1 Å². The van der Waals surface area contributed by atoms with Gasteiger partial charge in [-0.1, -0.05) is 52.0 Å². The van der Waals surface area contributed by atoms with Crippen LogP contribution in [0.1, 0.15) is 62.6 Å². The lowest BCUT2D eigenvalue weighted by molar-refractivity contribution is -0.0399. The summed E-state index contributed by atoms with van der Waals surface area (Å²) in [5.74, 6) is 0. The molecular formula is C34H40N8. The summed E-state index contributed by atoms with van der Waals surface area (Å²) in [6.07, 6.45) is 9.31. The van der Waals surface area contributed by atoms with E-state index in [1.54, 1.807) is 6.20 Å². The van der Waals surface area contributed by atoms with Gasteiger partial charge in [-0.15, -0.1) is 0 Å². The number of rotatable bonds is 7. The fourth-order valence-corrected chi connectivity index (χ4v) is 6.90. The third-order valence-electron chi connectivity index (χ3n) is 9.16. The minimum atomic E-state index is -0.250. The minimum Gasteiger partial charge on any atom is -0.306 e. The second-order valence-corrected chi connectivity index (χ2v) is 12.6. The molecule has 4 aromatic heterocycles. The van der Waals surface area contributed by atoms with Gasteiger partial charge >= 0.3 is 0 Å². The maximum absolute atomic E-state index is 5.23. The van der Waals surface area contributed by atoms with E-state index in [0.717, 1.165) is 22.8 Å². The first-order valence-corrected chi connectivity index (χ1v) is 14.8. The molecule has 2 aliphatic rings. The summed E-state index contributed by atoms with van der Waals surface area (Å²) in [5.41, 5.74) is 3.44. The molecule has 0 bridgehead atoms. The number of nitrogens with zero attached hydrogens (tertiary/aromatic N) is 5. The molecule has 6 atom stereocenters. The smallest absolute Gasteiger partial charge is 0.0807 e. The van der Waals surface area contributed by atoms with Crippen LogP contribution in [0.5, 0.6) is 0 Å². The molecule has 2 aliphatic heterocycles. The first-order chi connectivity index (χ1) is 20.4. The minimum absolute atomic E-state index is 0.0148. The van der Waals surface area contributed by atoms with Gasteiger partial charge < -0.3 is 16.0 Å². The van der Waals surface area contributed by atoms with E-state index in [4.69, 9.17) is 15.0 Å². The van der Waals surface area contributed by atoms with Crippen molar-refractivity contribution >= 4 is 6.21 Å². The Morgan fingerprint density at radius 1 is 0.690 bits per heavy atom. The molecule has 6 heterocycles. The molecule has 0 saturated carbocycles. The largest absolute Gasteiger partial charge is 0.306 e. The third kappa shape index (κ3) is 5.50. The molecular weight excluding hydrogens is 520 g/mol. The van der Waals surface area contributed by atoms with Crippen molar-refractivity contribution in [3.05, 3.63) is 120 Å². The molecule has 216 valence electrons. The second kappa shape index (κ2) is 11.8. The van der Waals surface area contributed by atoms with Crippen molar-refractivity contribution in [1.29, 1.82) is 0 Å². The highest BCUT2D eigenvalue weighted by Gasteiger charge is 2.60. The van der Waals surface area contributed by atoms with Gasteiger partial charge in [-0.25, -0.2) is 0 Å². The molecule has 0 amide bonds. The lowest BCUT2D eigenvalue weighted by atomic mass is 9.57. The number of nitrogens with one attached hydrogen (secondary N) is 3. The molecule has 42 heavy (non-hydrogen) atoms. The van der Waals surface area contributed by atoms with Crippen LogP contribution in [0.2, 0.25) is 0 Å². The summed E-state index contributed by atoms with van der Waals surface area (Å²) in [4.78, 5) is 23.9. The van der Waals surface area contributed by atoms with E-state index in [1.165, 1.54) is 0 Å². The molecule has 2 fully saturated rings. The molecule has 0 unspecified atom stereocenters. The van der Waals surface area contributed by atoms with Gasteiger partial charge in [0.15, 0.2) is 0 Å². The Hall–Kier alpha value is -3.85. The van der Waals surface area contributed by atoms with Crippen LogP contribution in [-0.4, -0.2) is 50.3 Å². The molecule has 6 rings (SSSR count). The Morgan fingerprint density at radius 3 is 1.86 bits per heavy atom. The lowest BCUT2D eigenvalue weighted by Gasteiger charge is -2.62. The Morgan fingerprint density at radius 2 is 1.26 bits per heavy atom. The van der Waals surface area contributed by atoms with E-state index >= 15 is 0 Å². The summed E-state index contributed by atoms with van der Waals surface area (Å²) in [5, 5.41) is 12.0. The molecule has 3 N–H and O–H groups in total. The summed E-state index contributed by atoms with van der Waals surface area (Å²) in [6.45, 7) is 10.1. The Kier molecular flexibility index (Phi) is 7.94. The summed E-state index contributed by atoms with van der Waals surface area (Å²) >= 11 is 0. The maximum Gasteiger partial charge on any atom is 0.0807 e. The van der Waals surface area contributed by atoms with Crippen LogP contribution in [0.4, 0.5) is 0 Å². The van der Waals surface area contributed by atoms with Crippen molar-refractivity contribution in [2.45, 2.75) is 70.5 Å². The summed E-state index contributed by atoms with van der Waals surface area (Å²) in [7, 11) is 0. The Balaban J connectivity index is 1.40. The van der Waals surface area contributed by atoms with Gasteiger partial charge in [-0.05, 0) is 53.9 Å². The fraction of sp³-hybridized carbons (Fsp3) is 0.382. The van der Waals surface area contributed by atoms with Gasteiger partial charge in [0.2, 0.25) is 0 Å². The van der Waals surface area contributed by atoms with Crippen LogP contribution < -0.4 is 16.0 Å². The normalized spacial score (nSPS) is 28.3. The quantitative estimate of drug-likeness (QED) is 0.282. The first-order valence-electron chi connectivity index (χ1n) is 14.8. The molecule has 0 aromatic carbocycles. The Bertz CT molecular complexity index is 1460. The molecule has 2 saturated heterocycles. The number of piperidine rings is 2. The highest BCUT2D eigenvalue weighted by atomic mass is 15.2. The topological polar surface area (TPSA) is 100 Å². The number of aliphatic imine (C=N–C) groups is 1. The molecule has 0 radical (unpaired) electrons. The number of fused-ring (bicyclic) bond motifs is 1. The standard InChI is InChI=1S/C34H40N8/c1-33(2)29(39-21-23-13-5-9-17-35-23)27(25-15-7-11-19-37-25)42-32-31(33)41-28(26-16-8-12-20-38-26)30(34(32,3)4)40-22-24-14-6-10-18-36-24/h5-21,27-32,40-42H,22H2,1-4H3/t27-,28-,29+,30+,31-,32-/m0/s1. The van der Waals surface area contributed by atoms with Crippen molar-refractivity contribution in [3.8, 4) is 0 Å². The van der Waals surface area contributed by atoms with E-state index in [1.807, 2.05) is 67.3 Å². The van der Waals surface area contributed by atoms with Gasteiger partial charge in [-0.2, -0.15) is 0 Å². The average molecular weight is 561 g/mol. The van der Waals surface area contributed by atoms with E-state index < -0.39 is 0 Å². The second-order valence-electron chi connectivity index (χ2n) is 12.6. The van der Waals surface area contributed by atoms with Gasteiger partial charge in [-0.3, -0.25) is 24.9 Å². The Labute approximate surface area is 248 Å². The summed E-state index contributed by atoms with van der Waals surface area (Å²) in [6, 6.07) is 24.3. The number of aromatic nitrogens is 4. The van der Waals surface area contributed by atoms with Crippen molar-refractivity contribution in [1.82, 2.24) is 35.9 Å². The van der Waals surface area contributed by atoms with Crippen LogP contribution in [0.3, 0.4) is 0 Å². The van der Waals surface area contributed by atoms with Crippen molar-refractivity contribution in [2.75, 3.05) is 0 Å². The van der Waals surface area contributed by atoms with Gasteiger partial charge in [0.05, 0.1) is 40.9 Å². The molecule has 0 aliphatic carbocycles. The monoisotopic (exact) mass is 560 g/mol. The molecule has 4 aromatic rings. The molecule has 0 spiro atoms. The predicted octanol–water partition coefficient (Wildman–Crippen LogP) is 4.69. The maximum atomic E-state index is 5.23. The zero-order valence-electron chi connectivity index (χ0n) is 24.7. The van der Waals surface area contributed by atoms with Crippen molar-refractivity contribution in [2.24, 2.45) is 15.8 Å². The van der Waals surface area contributed by atoms with E-state index in [0.29, 0.717) is 6.54 Å². The van der Waals surface area contributed by atoms with E-state index in [-0.39, 0.29) is 47.1 Å². The van der Waals surface area contributed by atoms with Crippen molar-refractivity contribution < 1.29 is 0 Å². The zero-order valence-corrected chi connectivity index (χ0v) is 24.7. The number of hydrogen-bond donors (Lipinski definition) is 3. The first kappa shape index (κ1) is 28.3. The zero-order chi connectivity index (χ0) is 29.2.